The lowest BCUT2D eigenvalue weighted by Crippen LogP contribution is -2.12. The van der Waals surface area contributed by atoms with Gasteiger partial charge in [-0.1, -0.05) is 11.6 Å². The predicted molar refractivity (Wildman–Crippen MR) is 87.9 cm³/mol. The Labute approximate surface area is 135 Å². The van der Waals surface area contributed by atoms with Crippen LogP contribution in [0, 0.1) is 18.3 Å². The van der Waals surface area contributed by atoms with E-state index in [1.807, 2.05) is 25.1 Å². The maximum atomic E-state index is 12.4. The normalized spacial score (nSPS) is 12.8. The third-order valence-electron chi connectivity index (χ3n) is 3.63. The van der Waals surface area contributed by atoms with Crippen LogP contribution < -0.4 is 5.32 Å². The fourth-order valence-electron chi connectivity index (χ4n) is 2.59. The third-order valence-corrected chi connectivity index (χ3v) is 5.53. The summed E-state index contributed by atoms with van der Waals surface area (Å²) in [5.41, 5.74) is 3.38. The number of nitrogens with one attached hydrogen (secondary N) is 1. The maximum absolute atomic E-state index is 12.4. The van der Waals surface area contributed by atoms with E-state index in [0.29, 0.717) is 16.1 Å². The number of anilines is 1. The first kappa shape index (κ1) is 14.3. The van der Waals surface area contributed by atoms with Crippen LogP contribution in [0.3, 0.4) is 0 Å². The van der Waals surface area contributed by atoms with Crippen LogP contribution in [0.2, 0.25) is 0 Å². The quantitative estimate of drug-likeness (QED) is 0.860. The Hall–Kier alpha value is -1.64. The van der Waals surface area contributed by atoms with E-state index < -0.39 is 0 Å². The molecule has 0 fully saturated rings. The summed E-state index contributed by atoms with van der Waals surface area (Å²) in [6.07, 6.45) is 3.06. The number of rotatable bonds is 2. The van der Waals surface area contributed by atoms with Gasteiger partial charge in [-0.3, -0.25) is 4.79 Å². The summed E-state index contributed by atoms with van der Waals surface area (Å²) in [5, 5.41) is 12.9. The molecule has 1 aromatic carbocycles. The summed E-state index contributed by atoms with van der Waals surface area (Å²) in [6.45, 7) is 1.95. The van der Waals surface area contributed by atoms with Crippen LogP contribution in [0.15, 0.2) is 22.7 Å². The molecule has 0 spiro atoms. The van der Waals surface area contributed by atoms with Crippen molar-refractivity contribution in [2.75, 3.05) is 5.32 Å². The van der Waals surface area contributed by atoms with Crippen LogP contribution >= 0.6 is 27.3 Å². The molecule has 3 nitrogen and oxygen atoms in total. The van der Waals surface area contributed by atoms with Crippen LogP contribution in [0.4, 0.5) is 5.00 Å². The summed E-state index contributed by atoms with van der Waals surface area (Å²) in [7, 11) is 0. The Morgan fingerprint density at radius 3 is 3.00 bits per heavy atom. The zero-order valence-electron chi connectivity index (χ0n) is 11.5. The molecule has 1 amide bonds. The van der Waals surface area contributed by atoms with Gasteiger partial charge in [-0.05, 0) is 59.8 Å². The van der Waals surface area contributed by atoms with Gasteiger partial charge in [-0.15, -0.1) is 11.3 Å². The highest BCUT2D eigenvalue weighted by Crippen LogP contribution is 2.38. The Morgan fingerprint density at radius 1 is 1.43 bits per heavy atom. The van der Waals surface area contributed by atoms with Crippen molar-refractivity contribution >= 4 is 38.2 Å². The molecule has 0 saturated carbocycles. The molecule has 0 aliphatic heterocycles. The average Bonchev–Trinajstić information content (AvgIpc) is 3.01. The first-order valence-electron chi connectivity index (χ1n) is 6.72. The molecular formula is C16H13BrN2OS. The summed E-state index contributed by atoms with van der Waals surface area (Å²) in [4.78, 5) is 13.7. The lowest BCUT2D eigenvalue weighted by molar-refractivity contribution is 0.102. The highest BCUT2D eigenvalue weighted by Gasteiger charge is 2.23. The number of amides is 1. The number of nitrogens with zero attached hydrogens (tertiary/aromatic N) is 1. The Kier molecular flexibility index (Phi) is 3.83. The number of fused-ring (bicyclic) bond motifs is 1. The number of carbonyl (C=O) groups is 1. The SMILES string of the molecule is Cc1ccc(Br)c(C(=O)Nc2sc3c(c2C#N)CCC3)c1. The van der Waals surface area contributed by atoms with Crippen LogP contribution in [0.5, 0.6) is 0 Å². The molecule has 1 aliphatic rings. The standard InChI is InChI=1S/C16H13BrN2OS/c1-9-5-6-13(17)11(7-9)15(20)19-16-12(8-18)10-3-2-4-14(10)21-16/h5-7H,2-4H2,1H3,(H,19,20). The van der Waals surface area contributed by atoms with Crippen molar-refractivity contribution < 1.29 is 4.79 Å². The van der Waals surface area contributed by atoms with E-state index in [1.54, 1.807) is 0 Å². The number of aryl methyl sites for hydroxylation is 2. The van der Waals surface area contributed by atoms with Gasteiger partial charge in [0.15, 0.2) is 0 Å². The fraction of sp³-hybridized carbons (Fsp3) is 0.250. The van der Waals surface area contributed by atoms with Crippen molar-refractivity contribution in [3.05, 3.63) is 49.8 Å². The van der Waals surface area contributed by atoms with Gasteiger partial charge in [-0.25, -0.2) is 0 Å². The molecule has 3 rings (SSSR count). The van der Waals surface area contributed by atoms with Crippen molar-refractivity contribution in [1.82, 2.24) is 0 Å². The van der Waals surface area contributed by atoms with E-state index in [1.165, 1.54) is 16.2 Å². The predicted octanol–water partition coefficient (Wildman–Crippen LogP) is 4.43. The summed E-state index contributed by atoms with van der Waals surface area (Å²) < 4.78 is 0.758. The van der Waals surface area contributed by atoms with E-state index in [2.05, 4.69) is 27.3 Å². The molecule has 1 N–H and O–H groups in total. The van der Waals surface area contributed by atoms with Crippen molar-refractivity contribution in [3.8, 4) is 6.07 Å². The highest BCUT2D eigenvalue weighted by atomic mass is 79.9. The van der Waals surface area contributed by atoms with Gasteiger partial charge >= 0.3 is 0 Å². The zero-order valence-corrected chi connectivity index (χ0v) is 13.9. The minimum Gasteiger partial charge on any atom is -0.312 e. The van der Waals surface area contributed by atoms with Crippen LogP contribution in [-0.4, -0.2) is 5.91 Å². The van der Waals surface area contributed by atoms with Gasteiger partial charge in [0.1, 0.15) is 11.1 Å². The van der Waals surface area contributed by atoms with Gasteiger partial charge in [-0.2, -0.15) is 5.26 Å². The lowest BCUT2D eigenvalue weighted by atomic mass is 10.1. The Balaban J connectivity index is 1.92. The van der Waals surface area contributed by atoms with E-state index >= 15 is 0 Å². The minimum atomic E-state index is -0.179. The topological polar surface area (TPSA) is 52.9 Å². The molecule has 106 valence electrons. The van der Waals surface area contributed by atoms with Crippen molar-refractivity contribution in [2.24, 2.45) is 0 Å². The molecule has 1 aromatic heterocycles. The number of thiophene rings is 1. The number of hydrogen-bond donors (Lipinski definition) is 1. The zero-order chi connectivity index (χ0) is 15.0. The molecule has 0 bridgehead atoms. The van der Waals surface area contributed by atoms with Gasteiger partial charge in [0.25, 0.3) is 5.91 Å². The van der Waals surface area contributed by atoms with E-state index in [4.69, 9.17) is 0 Å². The molecule has 1 aliphatic carbocycles. The molecule has 0 unspecified atom stereocenters. The highest BCUT2D eigenvalue weighted by molar-refractivity contribution is 9.10. The molecule has 21 heavy (non-hydrogen) atoms. The van der Waals surface area contributed by atoms with Crippen molar-refractivity contribution in [1.29, 1.82) is 5.26 Å². The van der Waals surface area contributed by atoms with Crippen LogP contribution in [0.25, 0.3) is 0 Å². The average molecular weight is 361 g/mol. The third kappa shape index (κ3) is 2.61. The second kappa shape index (κ2) is 5.63. The monoisotopic (exact) mass is 360 g/mol. The smallest absolute Gasteiger partial charge is 0.257 e. The number of hydrogen-bond acceptors (Lipinski definition) is 3. The number of benzene rings is 1. The molecule has 0 radical (unpaired) electrons. The largest absolute Gasteiger partial charge is 0.312 e. The Morgan fingerprint density at radius 2 is 2.24 bits per heavy atom. The molecule has 0 atom stereocenters. The molecule has 2 aromatic rings. The number of nitriles is 1. The number of carbonyl (C=O) groups excluding carboxylic acids is 1. The first-order chi connectivity index (χ1) is 10.1. The minimum absolute atomic E-state index is 0.179. The van der Waals surface area contributed by atoms with Crippen LogP contribution in [-0.2, 0) is 12.8 Å². The molecule has 1 heterocycles. The summed E-state index contributed by atoms with van der Waals surface area (Å²) >= 11 is 4.94. The summed E-state index contributed by atoms with van der Waals surface area (Å²) in [6, 6.07) is 7.89. The molecule has 0 saturated heterocycles. The van der Waals surface area contributed by atoms with Crippen molar-refractivity contribution in [2.45, 2.75) is 26.2 Å². The van der Waals surface area contributed by atoms with Gasteiger partial charge in [0.2, 0.25) is 0 Å². The van der Waals surface area contributed by atoms with E-state index in [0.717, 1.165) is 34.9 Å². The lowest BCUT2D eigenvalue weighted by Gasteiger charge is -2.07. The maximum Gasteiger partial charge on any atom is 0.257 e. The van der Waals surface area contributed by atoms with Gasteiger partial charge in [0.05, 0.1) is 11.1 Å². The van der Waals surface area contributed by atoms with E-state index in [-0.39, 0.29) is 5.91 Å². The van der Waals surface area contributed by atoms with Crippen molar-refractivity contribution in [3.63, 3.8) is 0 Å². The van der Waals surface area contributed by atoms with E-state index in [9.17, 15) is 10.1 Å². The second-order valence-electron chi connectivity index (χ2n) is 5.11. The van der Waals surface area contributed by atoms with Crippen LogP contribution in [0.1, 0.15) is 38.3 Å². The number of halogens is 1. The Bertz CT molecular complexity index is 773. The fourth-order valence-corrected chi connectivity index (χ4v) is 4.26. The second-order valence-corrected chi connectivity index (χ2v) is 7.07. The van der Waals surface area contributed by atoms with Gasteiger partial charge < -0.3 is 5.32 Å². The summed E-state index contributed by atoms with van der Waals surface area (Å²) in [5.74, 6) is -0.179. The molecule has 5 heteroatoms. The van der Waals surface area contributed by atoms with Gasteiger partial charge in [0, 0.05) is 9.35 Å². The first-order valence-corrected chi connectivity index (χ1v) is 8.33. The molecular weight excluding hydrogens is 348 g/mol.